The molecule has 136 valence electrons. The Morgan fingerprint density at radius 3 is 2.52 bits per heavy atom. The number of aromatic nitrogens is 1. The fourth-order valence-electron chi connectivity index (χ4n) is 3.74. The van der Waals surface area contributed by atoms with Crippen LogP contribution in [0.2, 0.25) is 0 Å². The lowest BCUT2D eigenvalue weighted by Crippen LogP contribution is -2.08. The van der Waals surface area contributed by atoms with E-state index in [1.165, 1.54) is 6.07 Å². The van der Waals surface area contributed by atoms with Crippen LogP contribution >= 0.6 is 0 Å². The lowest BCUT2D eigenvalue weighted by Gasteiger charge is -2.15. The minimum Gasteiger partial charge on any atom is -0.396 e. The highest BCUT2D eigenvalue weighted by atomic mass is 19.1. The zero-order chi connectivity index (χ0) is 18.8. The van der Waals surface area contributed by atoms with Gasteiger partial charge in [-0.25, -0.2) is 4.39 Å². The van der Waals surface area contributed by atoms with Crippen LogP contribution in [0.3, 0.4) is 0 Å². The lowest BCUT2D eigenvalue weighted by atomic mass is 9.92. The van der Waals surface area contributed by atoms with E-state index in [1.54, 1.807) is 18.5 Å². The smallest absolute Gasteiger partial charge is 0.141 e. The van der Waals surface area contributed by atoms with Gasteiger partial charge in [0.05, 0.1) is 6.61 Å². The summed E-state index contributed by atoms with van der Waals surface area (Å²) in [6.45, 7) is 0.0313. The predicted octanol–water partition coefficient (Wildman–Crippen LogP) is 3.87. The molecule has 0 fully saturated rings. The molecule has 1 aliphatic carbocycles. The molecular weight excluding hydrogens is 341 g/mol. The SMILES string of the molecule is O=C1Cc2cc(F)c(-c3cncc(C[C@@H](CO)c4ccccc4)c3)cc2C1. The fourth-order valence-corrected chi connectivity index (χ4v) is 3.74. The van der Waals surface area contributed by atoms with Gasteiger partial charge in [0.15, 0.2) is 0 Å². The molecule has 0 spiro atoms. The number of rotatable bonds is 5. The molecule has 0 saturated heterocycles. The quantitative estimate of drug-likeness (QED) is 0.750. The highest BCUT2D eigenvalue weighted by molar-refractivity contribution is 5.88. The molecule has 3 aromatic rings. The maximum Gasteiger partial charge on any atom is 0.141 e. The van der Waals surface area contributed by atoms with Crippen LogP contribution in [0.4, 0.5) is 4.39 Å². The first kappa shape index (κ1) is 17.6. The van der Waals surface area contributed by atoms with Crippen molar-refractivity contribution in [2.24, 2.45) is 0 Å². The standard InChI is InChI=1S/C23H20FNO2/c24-23-11-18-9-21(27)8-17(18)10-22(23)19-6-15(12-25-13-19)7-20(14-26)16-4-2-1-3-5-16/h1-6,10-13,20,26H,7-9,14H2/t20-/m0/s1. The summed E-state index contributed by atoms with van der Waals surface area (Å²) in [4.78, 5) is 15.9. The summed E-state index contributed by atoms with van der Waals surface area (Å²) in [5.41, 5.74) is 4.85. The van der Waals surface area contributed by atoms with Crippen molar-refractivity contribution in [3.05, 3.63) is 89.0 Å². The summed E-state index contributed by atoms with van der Waals surface area (Å²) < 4.78 is 14.6. The Balaban J connectivity index is 1.64. The fraction of sp³-hybridized carbons (Fsp3) is 0.217. The van der Waals surface area contributed by atoms with E-state index in [1.807, 2.05) is 36.4 Å². The number of hydrogen-bond acceptors (Lipinski definition) is 3. The van der Waals surface area contributed by atoms with Crippen LogP contribution in [0.15, 0.2) is 60.9 Å². The number of Topliss-reactive ketones (excluding diaryl/α,β-unsaturated/α-hetero) is 1. The Kier molecular flexibility index (Phi) is 4.82. The molecule has 0 amide bonds. The van der Waals surface area contributed by atoms with Gasteiger partial charge in [-0.2, -0.15) is 0 Å². The van der Waals surface area contributed by atoms with Crippen molar-refractivity contribution < 1.29 is 14.3 Å². The van der Waals surface area contributed by atoms with Gasteiger partial charge in [0, 0.05) is 42.3 Å². The molecule has 2 aromatic carbocycles. The van der Waals surface area contributed by atoms with Crippen molar-refractivity contribution in [1.82, 2.24) is 4.98 Å². The molecule has 1 N–H and O–H groups in total. The molecule has 0 aliphatic heterocycles. The summed E-state index contributed by atoms with van der Waals surface area (Å²) >= 11 is 0. The summed E-state index contributed by atoms with van der Waals surface area (Å²) in [7, 11) is 0. The average molecular weight is 361 g/mol. The molecule has 0 saturated carbocycles. The van der Waals surface area contributed by atoms with E-state index in [-0.39, 0.29) is 24.1 Å². The van der Waals surface area contributed by atoms with Crippen LogP contribution in [0.5, 0.6) is 0 Å². The van der Waals surface area contributed by atoms with E-state index in [9.17, 15) is 14.3 Å². The average Bonchev–Trinajstić information content (AvgIpc) is 3.05. The van der Waals surface area contributed by atoms with Gasteiger partial charge in [-0.1, -0.05) is 30.3 Å². The van der Waals surface area contributed by atoms with Crippen LogP contribution in [0, 0.1) is 5.82 Å². The third-order valence-electron chi connectivity index (χ3n) is 5.14. The number of aliphatic hydroxyl groups excluding tert-OH is 1. The summed E-state index contributed by atoms with van der Waals surface area (Å²) in [6.07, 6.45) is 4.70. The number of pyridine rings is 1. The Bertz CT molecular complexity index is 985. The van der Waals surface area contributed by atoms with Crippen LogP contribution < -0.4 is 0 Å². The number of hydrogen-bond donors (Lipinski definition) is 1. The predicted molar refractivity (Wildman–Crippen MR) is 102 cm³/mol. The van der Waals surface area contributed by atoms with Crippen LogP contribution in [-0.4, -0.2) is 22.5 Å². The van der Waals surface area contributed by atoms with Gasteiger partial charge in [-0.3, -0.25) is 9.78 Å². The number of nitrogens with zero attached hydrogens (tertiary/aromatic N) is 1. The zero-order valence-corrected chi connectivity index (χ0v) is 14.9. The second kappa shape index (κ2) is 7.41. The maximum atomic E-state index is 14.6. The van der Waals surface area contributed by atoms with Crippen LogP contribution in [-0.2, 0) is 24.1 Å². The van der Waals surface area contributed by atoms with Crippen LogP contribution in [0.25, 0.3) is 11.1 Å². The van der Waals surface area contributed by atoms with Crippen molar-refractivity contribution in [2.45, 2.75) is 25.2 Å². The number of benzene rings is 2. The van der Waals surface area contributed by atoms with Gasteiger partial charge < -0.3 is 5.11 Å². The summed E-state index contributed by atoms with van der Waals surface area (Å²) in [5, 5.41) is 9.79. The molecule has 0 radical (unpaired) electrons. The van der Waals surface area contributed by atoms with Gasteiger partial charge in [0.1, 0.15) is 11.6 Å². The van der Waals surface area contributed by atoms with Crippen molar-refractivity contribution in [2.75, 3.05) is 6.61 Å². The number of fused-ring (bicyclic) bond motifs is 1. The van der Waals surface area contributed by atoms with E-state index >= 15 is 0 Å². The molecule has 1 aliphatic rings. The second-order valence-electron chi connectivity index (χ2n) is 7.07. The Morgan fingerprint density at radius 2 is 1.78 bits per heavy atom. The van der Waals surface area contributed by atoms with E-state index in [0.29, 0.717) is 30.4 Å². The Labute approximate surface area is 157 Å². The first-order valence-corrected chi connectivity index (χ1v) is 9.07. The van der Waals surface area contributed by atoms with E-state index in [2.05, 4.69) is 4.98 Å². The second-order valence-corrected chi connectivity index (χ2v) is 7.07. The van der Waals surface area contributed by atoms with E-state index < -0.39 is 0 Å². The van der Waals surface area contributed by atoms with Crippen molar-refractivity contribution >= 4 is 5.78 Å². The minimum absolute atomic E-state index is 0.0313. The molecule has 27 heavy (non-hydrogen) atoms. The highest BCUT2D eigenvalue weighted by Crippen LogP contribution is 2.30. The summed E-state index contributed by atoms with van der Waals surface area (Å²) in [6, 6.07) is 15.0. The number of aliphatic hydroxyl groups is 1. The van der Waals surface area contributed by atoms with E-state index in [4.69, 9.17) is 0 Å². The lowest BCUT2D eigenvalue weighted by molar-refractivity contribution is -0.117. The van der Waals surface area contributed by atoms with Gasteiger partial charge in [-0.15, -0.1) is 0 Å². The maximum absolute atomic E-state index is 14.6. The third-order valence-corrected chi connectivity index (χ3v) is 5.14. The molecule has 1 aromatic heterocycles. The number of ketones is 1. The number of carbonyl (C=O) groups is 1. The van der Waals surface area contributed by atoms with Crippen molar-refractivity contribution in [3.8, 4) is 11.1 Å². The minimum atomic E-state index is -0.329. The topological polar surface area (TPSA) is 50.2 Å². The van der Waals surface area contributed by atoms with Gasteiger partial charge in [0.2, 0.25) is 0 Å². The molecule has 0 unspecified atom stereocenters. The first-order valence-electron chi connectivity index (χ1n) is 9.07. The zero-order valence-electron chi connectivity index (χ0n) is 14.9. The third kappa shape index (κ3) is 3.67. The number of halogens is 1. The molecular formula is C23H20FNO2. The monoisotopic (exact) mass is 361 g/mol. The van der Waals surface area contributed by atoms with Crippen LogP contribution in [0.1, 0.15) is 28.2 Å². The van der Waals surface area contributed by atoms with E-state index in [0.717, 1.165) is 22.3 Å². The molecule has 4 heteroatoms. The number of carbonyl (C=O) groups excluding carboxylic acids is 1. The van der Waals surface area contributed by atoms with Gasteiger partial charge in [0.25, 0.3) is 0 Å². The normalized spacial score (nSPS) is 14.2. The molecule has 1 heterocycles. The Hall–Kier alpha value is -2.85. The van der Waals surface area contributed by atoms with Gasteiger partial charge in [-0.05, 0) is 46.9 Å². The molecule has 0 bridgehead atoms. The highest BCUT2D eigenvalue weighted by Gasteiger charge is 2.21. The molecule has 1 atom stereocenters. The molecule has 3 nitrogen and oxygen atoms in total. The summed E-state index contributed by atoms with van der Waals surface area (Å²) in [5.74, 6) is -0.239. The van der Waals surface area contributed by atoms with Crippen molar-refractivity contribution in [1.29, 1.82) is 0 Å². The molecule has 4 rings (SSSR count). The first-order chi connectivity index (χ1) is 13.1. The largest absolute Gasteiger partial charge is 0.396 e. The Morgan fingerprint density at radius 1 is 1.04 bits per heavy atom. The van der Waals surface area contributed by atoms with Gasteiger partial charge >= 0.3 is 0 Å². The van der Waals surface area contributed by atoms with Crippen molar-refractivity contribution in [3.63, 3.8) is 0 Å².